The first-order valence-electron chi connectivity index (χ1n) is 13.7. The van der Waals surface area contributed by atoms with Crippen molar-refractivity contribution in [3.63, 3.8) is 0 Å². The summed E-state index contributed by atoms with van der Waals surface area (Å²) in [6.45, 7) is 5.72. The standard InChI is InChI=1S/C31H42N2O3S/c1-4-5-6-7-8-9-10-11-12-13-19-36-30-21-28(35-3)17-18-29(30)31(34)32-27-16-14-15-26(20-27)23-33-22-25(2)37-24-33/h14-18,20-22,24H,4-13,19,23H2,1-3H3/p+1. The van der Waals surface area contributed by atoms with Gasteiger partial charge in [-0.25, -0.2) is 0 Å². The van der Waals surface area contributed by atoms with E-state index < -0.39 is 0 Å². The molecular formula is C31H43N2O3S+. The summed E-state index contributed by atoms with van der Waals surface area (Å²) in [6.07, 6.45) is 14.9. The van der Waals surface area contributed by atoms with E-state index in [1.54, 1.807) is 36.6 Å². The normalized spacial score (nSPS) is 10.9. The summed E-state index contributed by atoms with van der Waals surface area (Å²) in [7, 11) is 1.62. The van der Waals surface area contributed by atoms with Crippen LogP contribution in [0.4, 0.5) is 5.69 Å². The van der Waals surface area contributed by atoms with E-state index in [-0.39, 0.29) is 5.91 Å². The van der Waals surface area contributed by atoms with Gasteiger partial charge >= 0.3 is 0 Å². The second kappa shape index (κ2) is 16.1. The number of rotatable bonds is 17. The minimum atomic E-state index is -0.183. The Morgan fingerprint density at radius 1 is 0.946 bits per heavy atom. The lowest BCUT2D eigenvalue weighted by atomic mass is 10.1. The van der Waals surface area contributed by atoms with Gasteiger partial charge in [0.1, 0.15) is 11.5 Å². The Bertz CT molecular complexity index is 1100. The predicted octanol–water partition coefficient (Wildman–Crippen LogP) is 7.95. The van der Waals surface area contributed by atoms with E-state index in [4.69, 9.17) is 9.47 Å². The average molecular weight is 524 g/mol. The molecular weight excluding hydrogens is 480 g/mol. The summed E-state index contributed by atoms with van der Waals surface area (Å²) < 4.78 is 13.6. The van der Waals surface area contributed by atoms with Gasteiger partial charge in [-0.15, -0.1) is 0 Å². The van der Waals surface area contributed by atoms with Crippen LogP contribution in [0.5, 0.6) is 11.5 Å². The van der Waals surface area contributed by atoms with Gasteiger partial charge < -0.3 is 14.8 Å². The lowest BCUT2D eigenvalue weighted by Crippen LogP contribution is -2.30. The highest BCUT2D eigenvalue weighted by atomic mass is 32.1. The van der Waals surface area contributed by atoms with Crippen molar-refractivity contribution in [2.75, 3.05) is 19.0 Å². The number of methoxy groups -OCH3 is 1. The highest BCUT2D eigenvalue weighted by molar-refractivity contribution is 7.09. The van der Waals surface area contributed by atoms with Crippen molar-refractivity contribution < 1.29 is 18.8 Å². The molecule has 0 aliphatic carbocycles. The molecule has 37 heavy (non-hydrogen) atoms. The minimum absolute atomic E-state index is 0.183. The fraction of sp³-hybridized carbons (Fsp3) is 0.484. The van der Waals surface area contributed by atoms with Gasteiger partial charge in [-0.05, 0) is 37.6 Å². The molecule has 6 heteroatoms. The molecule has 0 spiro atoms. The first-order valence-corrected chi connectivity index (χ1v) is 14.6. The zero-order valence-electron chi connectivity index (χ0n) is 22.8. The smallest absolute Gasteiger partial charge is 0.259 e. The van der Waals surface area contributed by atoms with E-state index in [1.807, 2.05) is 18.2 Å². The van der Waals surface area contributed by atoms with Gasteiger partial charge in [0, 0.05) is 17.3 Å². The predicted molar refractivity (Wildman–Crippen MR) is 153 cm³/mol. The van der Waals surface area contributed by atoms with Crippen LogP contribution in [0.1, 0.15) is 91.9 Å². The number of carbonyl (C=O) groups excluding carboxylic acids is 1. The molecule has 0 atom stereocenters. The molecule has 0 radical (unpaired) electrons. The maximum Gasteiger partial charge on any atom is 0.259 e. The molecule has 0 aliphatic rings. The van der Waals surface area contributed by atoms with Gasteiger partial charge in [0.15, 0.2) is 12.7 Å². The second-order valence-electron chi connectivity index (χ2n) is 9.68. The Hall–Kier alpha value is -2.86. The third-order valence-corrected chi connectivity index (χ3v) is 7.31. The molecule has 0 unspecified atom stereocenters. The maximum atomic E-state index is 13.2. The number of hydrogen-bond acceptors (Lipinski definition) is 4. The maximum absolute atomic E-state index is 13.2. The molecule has 3 rings (SSSR count). The Morgan fingerprint density at radius 3 is 2.35 bits per heavy atom. The van der Waals surface area contributed by atoms with Crippen molar-refractivity contribution in [3.8, 4) is 11.5 Å². The molecule has 0 bridgehead atoms. The van der Waals surface area contributed by atoms with Crippen molar-refractivity contribution in [3.05, 3.63) is 70.2 Å². The molecule has 0 fully saturated rings. The van der Waals surface area contributed by atoms with Crippen LogP contribution >= 0.6 is 11.3 Å². The fourth-order valence-corrected chi connectivity index (χ4v) is 5.03. The quantitative estimate of drug-likeness (QED) is 0.144. The molecule has 0 aliphatic heterocycles. The Morgan fingerprint density at radius 2 is 1.68 bits per heavy atom. The Balaban J connectivity index is 1.49. The molecule has 5 nitrogen and oxygen atoms in total. The van der Waals surface area contributed by atoms with Crippen LogP contribution in [-0.4, -0.2) is 19.6 Å². The zero-order chi connectivity index (χ0) is 26.3. The van der Waals surface area contributed by atoms with Gasteiger partial charge in [-0.3, -0.25) is 4.79 Å². The Kier molecular flexibility index (Phi) is 12.5. The van der Waals surface area contributed by atoms with Crippen LogP contribution in [0.15, 0.2) is 54.2 Å². The molecule has 200 valence electrons. The number of amides is 1. The third kappa shape index (κ3) is 10.2. The largest absolute Gasteiger partial charge is 0.497 e. The minimum Gasteiger partial charge on any atom is -0.497 e. The van der Waals surface area contributed by atoms with E-state index in [9.17, 15) is 4.79 Å². The van der Waals surface area contributed by atoms with Gasteiger partial charge in [0.2, 0.25) is 5.51 Å². The van der Waals surface area contributed by atoms with Crippen LogP contribution in [0, 0.1) is 6.92 Å². The van der Waals surface area contributed by atoms with Crippen LogP contribution in [0.2, 0.25) is 0 Å². The van der Waals surface area contributed by atoms with E-state index in [2.05, 4.69) is 41.5 Å². The molecule has 1 N–H and O–H groups in total. The van der Waals surface area contributed by atoms with Crippen LogP contribution in [-0.2, 0) is 6.54 Å². The topological polar surface area (TPSA) is 51.4 Å². The first kappa shape index (κ1) is 28.7. The van der Waals surface area contributed by atoms with E-state index in [1.165, 1.54) is 56.2 Å². The highest BCUT2D eigenvalue weighted by Gasteiger charge is 2.15. The number of nitrogens with one attached hydrogen (secondary N) is 1. The van der Waals surface area contributed by atoms with Gasteiger partial charge in [-0.1, -0.05) is 88.2 Å². The molecule has 0 saturated heterocycles. The second-order valence-corrected chi connectivity index (χ2v) is 10.8. The number of hydrogen-bond donors (Lipinski definition) is 1. The number of carbonyl (C=O) groups is 1. The summed E-state index contributed by atoms with van der Waals surface area (Å²) >= 11 is 1.73. The number of anilines is 1. The lowest BCUT2D eigenvalue weighted by Gasteiger charge is -2.13. The van der Waals surface area contributed by atoms with Crippen molar-refractivity contribution in [2.24, 2.45) is 0 Å². The molecule has 3 aromatic rings. The summed E-state index contributed by atoms with van der Waals surface area (Å²) in [6, 6.07) is 13.4. The van der Waals surface area contributed by atoms with Gasteiger partial charge in [0.25, 0.3) is 5.91 Å². The molecule has 2 aromatic carbocycles. The number of unbranched alkanes of at least 4 members (excludes halogenated alkanes) is 9. The number of nitrogens with zero attached hydrogens (tertiary/aromatic N) is 1. The van der Waals surface area contributed by atoms with E-state index in [0.29, 0.717) is 23.7 Å². The van der Waals surface area contributed by atoms with E-state index >= 15 is 0 Å². The average Bonchev–Trinajstić information content (AvgIpc) is 3.31. The van der Waals surface area contributed by atoms with Crippen molar-refractivity contribution >= 4 is 22.9 Å². The summed E-state index contributed by atoms with van der Waals surface area (Å²) in [5.74, 6) is 1.06. The van der Waals surface area contributed by atoms with E-state index in [0.717, 1.165) is 30.6 Å². The number of ether oxygens (including phenoxy) is 2. The van der Waals surface area contributed by atoms with Crippen molar-refractivity contribution in [1.82, 2.24) is 0 Å². The summed E-state index contributed by atoms with van der Waals surface area (Å²) in [5, 5.41) is 3.04. The molecule has 0 saturated carbocycles. The SMILES string of the molecule is CCCCCCCCCCCCOc1cc(OC)ccc1C(=O)Nc1cccc(C[n+]2csc(C)c2)c1. The van der Waals surface area contributed by atoms with Crippen LogP contribution in [0.3, 0.4) is 0 Å². The van der Waals surface area contributed by atoms with Gasteiger partial charge in [0.05, 0.1) is 24.2 Å². The lowest BCUT2D eigenvalue weighted by molar-refractivity contribution is -0.683. The number of aromatic nitrogens is 1. The monoisotopic (exact) mass is 523 g/mol. The number of benzene rings is 2. The first-order chi connectivity index (χ1) is 18.1. The van der Waals surface area contributed by atoms with Crippen LogP contribution < -0.4 is 19.4 Å². The number of thiazole rings is 1. The summed E-state index contributed by atoms with van der Waals surface area (Å²) in [5.41, 5.74) is 4.52. The van der Waals surface area contributed by atoms with Gasteiger partial charge in [-0.2, -0.15) is 4.57 Å². The third-order valence-electron chi connectivity index (χ3n) is 6.46. The van der Waals surface area contributed by atoms with Crippen molar-refractivity contribution in [2.45, 2.75) is 84.6 Å². The van der Waals surface area contributed by atoms with Crippen molar-refractivity contribution in [1.29, 1.82) is 0 Å². The fourth-order valence-electron chi connectivity index (χ4n) is 4.39. The Labute approximate surface area is 226 Å². The number of aryl methyl sites for hydroxylation is 1. The summed E-state index contributed by atoms with van der Waals surface area (Å²) in [4.78, 5) is 14.4. The molecule has 1 heterocycles. The molecule has 1 aromatic heterocycles. The van der Waals surface area contributed by atoms with Crippen LogP contribution in [0.25, 0.3) is 0 Å². The highest BCUT2D eigenvalue weighted by Crippen LogP contribution is 2.26. The molecule has 1 amide bonds. The zero-order valence-corrected chi connectivity index (χ0v) is 23.6.